The van der Waals surface area contributed by atoms with Gasteiger partial charge in [-0.15, -0.1) is 0 Å². The fourth-order valence-corrected chi connectivity index (χ4v) is 4.75. The fourth-order valence-electron chi connectivity index (χ4n) is 4.75. The molecule has 0 aromatic heterocycles. The summed E-state index contributed by atoms with van der Waals surface area (Å²) < 4.78 is 0. The van der Waals surface area contributed by atoms with Crippen LogP contribution in [0.4, 0.5) is 0 Å². The number of aliphatic carboxylic acids is 1. The maximum Gasteiger partial charge on any atom is 0.303 e. The van der Waals surface area contributed by atoms with Gasteiger partial charge in [0.2, 0.25) is 0 Å². The highest BCUT2D eigenvalue weighted by Gasteiger charge is 1.97. The molecule has 0 aliphatic heterocycles. The quantitative estimate of drug-likeness (QED) is 0.0743. The summed E-state index contributed by atoms with van der Waals surface area (Å²) in [5.41, 5.74) is 0. The molecule has 38 heavy (non-hydrogen) atoms. The lowest BCUT2D eigenvalue weighted by molar-refractivity contribution is -0.137. The zero-order valence-electron chi connectivity index (χ0n) is 25.4. The largest absolute Gasteiger partial charge is 0.481 e. The molecule has 220 valence electrons. The Balaban J connectivity index is 3.22. The highest BCUT2D eigenvalue weighted by Crippen LogP contribution is 2.14. The lowest BCUT2D eigenvalue weighted by Crippen LogP contribution is -1.93. The molecule has 0 aliphatic carbocycles. The first-order valence-corrected chi connectivity index (χ1v) is 16.6. The number of allylic oxidation sites excluding steroid dienone is 8. The summed E-state index contributed by atoms with van der Waals surface area (Å²) in [6.07, 6.45) is 51.0. The number of hydrogen-bond acceptors (Lipinski definition) is 1. The van der Waals surface area contributed by atoms with E-state index in [1.165, 1.54) is 128 Å². The van der Waals surface area contributed by atoms with Gasteiger partial charge in [-0.05, 0) is 51.4 Å². The van der Waals surface area contributed by atoms with E-state index in [2.05, 4.69) is 55.5 Å². The van der Waals surface area contributed by atoms with Crippen LogP contribution in [0.5, 0.6) is 0 Å². The summed E-state index contributed by atoms with van der Waals surface area (Å²) in [7, 11) is 0. The lowest BCUT2D eigenvalue weighted by atomic mass is 10.0. The van der Waals surface area contributed by atoms with Crippen LogP contribution in [0.1, 0.15) is 174 Å². The van der Waals surface area contributed by atoms with E-state index in [4.69, 9.17) is 5.11 Å². The van der Waals surface area contributed by atoms with Crippen molar-refractivity contribution in [2.75, 3.05) is 0 Å². The van der Waals surface area contributed by atoms with E-state index in [1.807, 2.05) is 0 Å². The van der Waals surface area contributed by atoms with Crippen LogP contribution in [0.15, 0.2) is 48.6 Å². The van der Waals surface area contributed by atoms with Gasteiger partial charge in [0.1, 0.15) is 0 Å². The second kappa shape index (κ2) is 33.5. The fraction of sp³-hybridized carbons (Fsp3) is 0.750. The van der Waals surface area contributed by atoms with Crippen LogP contribution >= 0.6 is 0 Å². The van der Waals surface area contributed by atoms with Crippen molar-refractivity contribution in [3.63, 3.8) is 0 Å². The topological polar surface area (TPSA) is 37.3 Å². The van der Waals surface area contributed by atoms with Crippen molar-refractivity contribution in [3.8, 4) is 0 Å². The van der Waals surface area contributed by atoms with Crippen molar-refractivity contribution in [3.05, 3.63) is 48.6 Å². The van der Waals surface area contributed by atoms with Crippen LogP contribution in [0.3, 0.4) is 0 Å². The average molecular weight is 529 g/mol. The van der Waals surface area contributed by atoms with E-state index >= 15 is 0 Å². The Kier molecular flexibility index (Phi) is 32.1. The SMILES string of the molecule is CCCCCC=CCC=CCC=CCC=CCCCCCCCCCCCCCCCCCCCC(=O)O. The molecule has 0 saturated carbocycles. The minimum absolute atomic E-state index is 0.340. The number of hydrogen-bond donors (Lipinski definition) is 1. The normalized spacial score (nSPS) is 12.2. The van der Waals surface area contributed by atoms with Gasteiger partial charge < -0.3 is 5.11 Å². The smallest absolute Gasteiger partial charge is 0.303 e. The summed E-state index contributed by atoms with van der Waals surface area (Å²) in [5.74, 6) is -0.654. The van der Waals surface area contributed by atoms with E-state index in [-0.39, 0.29) is 0 Å². The van der Waals surface area contributed by atoms with Crippen LogP contribution in [0, 0.1) is 0 Å². The minimum atomic E-state index is -0.654. The van der Waals surface area contributed by atoms with Gasteiger partial charge in [-0.1, -0.05) is 165 Å². The predicted octanol–water partition coefficient (Wildman–Crippen LogP) is 12.5. The molecule has 0 heterocycles. The van der Waals surface area contributed by atoms with Gasteiger partial charge in [0.15, 0.2) is 0 Å². The maximum absolute atomic E-state index is 10.5. The molecule has 0 fully saturated rings. The standard InChI is InChI=1S/C36H64O2/c1-2-3-4-5-6-7-8-9-10-11-12-13-14-15-16-17-18-19-20-21-22-23-24-25-26-27-28-29-30-31-32-33-34-35-36(37)38/h6-7,9-10,12-13,15-16H,2-5,8,11,14,17-35H2,1H3,(H,37,38). The zero-order chi connectivity index (χ0) is 27.6. The molecule has 0 saturated heterocycles. The highest BCUT2D eigenvalue weighted by atomic mass is 16.4. The van der Waals surface area contributed by atoms with Crippen LogP contribution in [0.2, 0.25) is 0 Å². The molecule has 0 spiro atoms. The maximum atomic E-state index is 10.5. The molecule has 0 unspecified atom stereocenters. The third kappa shape index (κ3) is 34.4. The monoisotopic (exact) mass is 528 g/mol. The number of unbranched alkanes of at least 4 members (excludes halogenated alkanes) is 20. The Morgan fingerprint density at radius 3 is 1.05 bits per heavy atom. The number of carbonyl (C=O) groups is 1. The second-order valence-electron chi connectivity index (χ2n) is 11.0. The van der Waals surface area contributed by atoms with Crippen molar-refractivity contribution in [2.45, 2.75) is 174 Å². The Hall–Kier alpha value is -1.57. The Morgan fingerprint density at radius 1 is 0.421 bits per heavy atom. The first-order chi connectivity index (χ1) is 18.8. The van der Waals surface area contributed by atoms with Gasteiger partial charge in [0.25, 0.3) is 0 Å². The molecular weight excluding hydrogens is 464 g/mol. The number of carboxylic acid groups (broad SMARTS) is 1. The van der Waals surface area contributed by atoms with Gasteiger partial charge in [0.05, 0.1) is 0 Å². The molecule has 0 aromatic rings. The van der Waals surface area contributed by atoms with Gasteiger partial charge >= 0.3 is 5.97 Å². The van der Waals surface area contributed by atoms with E-state index in [0.29, 0.717) is 6.42 Å². The van der Waals surface area contributed by atoms with Crippen LogP contribution in [-0.2, 0) is 4.79 Å². The minimum Gasteiger partial charge on any atom is -0.481 e. The molecule has 0 amide bonds. The molecular formula is C36H64O2. The Labute approximate surface area is 238 Å². The molecule has 0 atom stereocenters. The summed E-state index contributed by atoms with van der Waals surface area (Å²) in [6.45, 7) is 2.26. The van der Waals surface area contributed by atoms with Gasteiger partial charge in [-0.2, -0.15) is 0 Å². The molecule has 2 heteroatoms. The van der Waals surface area contributed by atoms with Gasteiger partial charge in [-0.3, -0.25) is 4.79 Å². The number of carboxylic acids is 1. The van der Waals surface area contributed by atoms with Gasteiger partial charge in [-0.25, -0.2) is 0 Å². The van der Waals surface area contributed by atoms with Crippen molar-refractivity contribution in [1.82, 2.24) is 0 Å². The third-order valence-corrected chi connectivity index (χ3v) is 7.22. The summed E-state index contributed by atoms with van der Waals surface area (Å²) >= 11 is 0. The Morgan fingerprint density at radius 2 is 0.711 bits per heavy atom. The molecule has 0 aromatic carbocycles. The van der Waals surface area contributed by atoms with Gasteiger partial charge in [0, 0.05) is 6.42 Å². The van der Waals surface area contributed by atoms with E-state index in [0.717, 1.165) is 32.1 Å². The summed E-state index contributed by atoms with van der Waals surface area (Å²) in [5, 5.41) is 8.62. The van der Waals surface area contributed by atoms with Crippen molar-refractivity contribution in [1.29, 1.82) is 0 Å². The molecule has 0 rings (SSSR count). The lowest BCUT2D eigenvalue weighted by Gasteiger charge is -2.03. The van der Waals surface area contributed by atoms with Crippen LogP contribution in [-0.4, -0.2) is 11.1 Å². The molecule has 0 bridgehead atoms. The third-order valence-electron chi connectivity index (χ3n) is 7.22. The van der Waals surface area contributed by atoms with E-state index in [1.54, 1.807) is 0 Å². The highest BCUT2D eigenvalue weighted by molar-refractivity contribution is 5.66. The van der Waals surface area contributed by atoms with Crippen molar-refractivity contribution in [2.24, 2.45) is 0 Å². The second-order valence-corrected chi connectivity index (χ2v) is 11.0. The molecule has 0 aliphatic rings. The zero-order valence-corrected chi connectivity index (χ0v) is 25.4. The molecule has 0 radical (unpaired) electrons. The first kappa shape index (κ1) is 36.4. The first-order valence-electron chi connectivity index (χ1n) is 16.6. The average Bonchev–Trinajstić information content (AvgIpc) is 2.91. The molecule has 2 nitrogen and oxygen atoms in total. The van der Waals surface area contributed by atoms with Crippen molar-refractivity contribution >= 4 is 5.97 Å². The number of rotatable bonds is 30. The summed E-state index contributed by atoms with van der Waals surface area (Å²) in [6, 6.07) is 0. The van der Waals surface area contributed by atoms with Crippen LogP contribution < -0.4 is 0 Å². The molecule has 1 N–H and O–H groups in total. The Bertz CT molecular complexity index is 584. The summed E-state index contributed by atoms with van der Waals surface area (Å²) in [4.78, 5) is 10.5. The van der Waals surface area contributed by atoms with Crippen molar-refractivity contribution < 1.29 is 9.90 Å². The predicted molar refractivity (Wildman–Crippen MR) is 170 cm³/mol. The van der Waals surface area contributed by atoms with Crippen LogP contribution in [0.25, 0.3) is 0 Å². The van der Waals surface area contributed by atoms with E-state index < -0.39 is 5.97 Å². The van der Waals surface area contributed by atoms with E-state index in [9.17, 15) is 4.79 Å².